The quantitative estimate of drug-likeness (QED) is 0.880. The van der Waals surface area contributed by atoms with E-state index < -0.39 is 0 Å². The van der Waals surface area contributed by atoms with Crippen LogP contribution in [0.5, 0.6) is 0 Å². The van der Waals surface area contributed by atoms with Gasteiger partial charge in [0.15, 0.2) is 0 Å². The van der Waals surface area contributed by atoms with E-state index in [4.69, 9.17) is 11.6 Å². The maximum atomic E-state index is 9.56. The molecule has 0 aromatic heterocycles. The molecule has 2 N–H and O–H groups in total. The Morgan fingerprint density at radius 2 is 2.28 bits per heavy atom. The lowest BCUT2D eigenvalue weighted by Crippen LogP contribution is -2.23. The van der Waals surface area contributed by atoms with Crippen molar-refractivity contribution in [3.63, 3.8) is 0 Å². The molecule has 1 unspecified atom stereocenters. The van der Waals surface area contributed by atoms with Gasteiger partial charge in [-0.3, -0.25) is 0 Å². The van der Waals surface area contributed by atoms with E-state index >= 15 is 0 Å². The Hall–Kier alpha value is -0.770. The predicted molar refractivity (Wildman–Crippen MR) is 76.3 cm³/mol. The van der Waals surface area contributed by atoms with Crippen LogP contribution in [0.2, 0.25) is 5.02 Å². The van der Waals surface area contributed by atoms with Crippen molar-refractivity contribution in [2.24, 2.45) is 0 Å². The Morgan fingerprint density at radius 1 is 1.50 bits per heavy atom. The van der Waals surface area contributed by atoms with Crippen LogP contribution in [0.3, 0.4) is 0 Å². The van der Waals surface area contributed by atoms with Gasteiger partial charge < -0.3 is 15.3 Å². The van der Waals surface area contributed by atoms with Gasteiger partial charge >= 0.3 is 0 Å². The van der Waals surface area contributed by atoms with E-state index in [2.05, 4.69) is 36.2 Å². The van der Waals surface area contributed by atoms with Crippen molar-refractivity contribution in [1.82, 2.24) is 5.32 Å². The fourth-order valence-electron chi connectivity index (χ4n) is 2.20. The summed E-state index contributed by atoms with van der Waals surface area (Å²) in [6, 6.07) is 6.63. The van der Waals surface area contributed by atoms with Crippen LogP contribution in [0.1, 0.15) is 25.8 Å². The van der Waals surface area contributed by atoms with E-state index in [1.807, 2.05) is 6.07 Å². The number of aliphatic hydroxyl groups is 1. The van der Waals surface area contributed by atoms with E-state index in [1.165, 1.54) is 5.56 Å². The second kappa shape index (κ2) is 5.91. The standard InChI is InChI=1S/C14H21ClN2O/c1-10(2)16-8-11-3-4-14(13(15)7-11)17-6-5-12(18)9-17/h3-4,7,10,12,16,18H,5-6,8-9H2,1-2H3. The summed E-state index contributed by atoms with van der Waals surface area (Å²) in [5.74, 6) is 0. The first-order valence-corrected chi connectivity index (χ1v) is 6.89. The van der Waals surface area contributed by atoms with Crippen molar-refractivity contribution >= 4 is 17.3 Å². The third-order valence-electron chi connectivity index (χ3n) is 3.23. The molecule has 4 heteroatoms. The number of anilines is 1. The van der Waals surface area contributed by atoms with Gasteiger partial charge in [0.25, 0.3) is 0 Å². The molecule has 0 saturated carbocycles. The Kier molecular flexibility index (Phi) is 4.49. The van der Waals surface area contributed by atoms with E-state index in [1.54, 1.807) is 0 Å². The van der Waals surface area contributed by atoms with E-state index in [0.29, 0.717) is 12.6 Å². The fraction of sp³-hybridized carbons (Fsp3) is 0.571. The molecule has 1 fully saturated rings. The van der Waals surface area contributed by atoms with E-state index in [0.717, 1.165) is 30.2 Å². The van der Waals surface area contributed by atoms with Crippen molar-refractivity contribution in [3.8, 4) is 0 Å². The SMILES string of the molecule is CC(C)NCc1ccc(N2CCC(O)C2)c(Cl)c1. The molecule has 3 nitrogen and oxygen atoms in total. The van der Waals surface area contributed by atoms with Crippen LogP contribution in [0, 0.1) is 0 Å². The number of rotatable bonds is 4. The summed E-state index contributed by atoms with van der Waals surface area (Å²) >= 11 is 6.32. The highest BCUT2D eigenvalue weighted by molar-refractivity contribution is 6.33. The molecule has 0 amide bonds. The summed E-state index contributed by atoms with van der Waals surface area (Å²) in [5.41, 5.74) is 2.22. The lowest BCUT2D eigenvalue weighted by atomic mass is 10.2. The Balaban J connectivity index is 2.05. The minimum absolute atomic E-state index is 0.219. The third kappa shape index (κ3) is 3.37. The first-order valence-electron chi connectivity index (χ1n) is 6.51. The molecule has 0 radical (unpaired) electrons. The first-order chi connectivity index (χ1) is 8.56. The molecule has 1 aromatic rings. The van der Waals surface area contributed by atoms with Crippen LogP contribution in [-0.4, -0.2) is 30.3 Å². The number of halogens is 1. The zero-order valence-corrected chi connectivity index (χ0v) is 11.7. The minimum Gasteiger partial charge on any atom is -0.391 e. The van der Waals surface area contributed by atoms with Gasteiger partial charge in [-0.25, -0.2) is 0 Å². The Morgan fingerprint density at radius 3 is 2.83 bits per heavy atom. The zero-order valence-electron chi connectivity index (χ0n) is 11.0. The molecule has 1 heterocycles. The molecule has 0 spiro atoms. The third-order valence-corrected chi connectivity index (χ3v) is 3.53. The largest absolute Gasteiger partial charge is 0.391 e. The summed E-state index contributed by atoms with van der Waals surface area (Å²) in [5, 5.41) is 13.7. The van der Waals surface area contributed by atoms with Gasteiger partial charge in [-0.15, -0.1) is 0 Å². The minimum atomic E-state index is -0.219. The Bertz CT molecular complexity index is 409. The number of aliphatic hydroxyl groups excluding tert-OH is 1. The van der Waals surface area contributed by atoms with Crippen molar-refractivity contribution in [3.05, 3.63) is 28.8 Å². The highest BCUT2D eigenvalue weighted by Crippen LogP contribution is 2.29. The van der Waals surface area contributed by atoms with Crippen LogP contribution in [0.15, 0.2) is 18.2 Å². The zero-order chi connectivity index (χ0) is 13.1. The van der Waals surface area contributed by atoms with Gasteiger partial charge in [-0.1, -0.05) is 31.5 Å². The molecule has 100 valence electrons. The van der Waals surface area contributed by atoms with Gasteiger partial charge in [0.1, 0.15) is 0 Å². The smallest absolute Gasteiger partial charge is 0.0731 e. The van der Waals surface area contributed by atoms with Gasteiger partial charge in [0.2, 0.25) is 0 Å². The fourth-order valence-corrected chi connectivity index (χ4v) is 2.52. The van der Waals surface area contributed by atoms with Gasteiger partial charge in [-0.2, -0.15) is 0 Å². The molecule has 1 saturated heterocycles. The number of nitrogens with zero attached hydrogens (tertiary/aromatic N) is 1. The van der Waals surface area contributed by atoms with E-state index in [-0.39, 0.29) is 6.10 Å². The second-order valence-electron chi connectivity index (χ2n) is 5.21. The van der Waals surface area contributed by atoms with Crippen molar-refractivity contribution in [1.29, 1.82) is 0 Å². The lowest BCUT2D eigenvalue weighted by molar-refractivity contribution is 0.198. The number of β-amino-alcohol motifs (C(OH)–C–C–N with tert-alkyl or cyclic N) is 1. The maximum absolute atomic E-state index is 9.56. The molecule has 1 aliphatic heterocycles. The van der Waals surface area contributed by atoms with Gasteiger partial charge in [-0.05, 0) is 24.1 Å². The molecule has 18 heavy (non-hydrogen) atoms. The monoisotopic (exact) mass is 268 g/mol. The van der Waals surface area contributed by atoms with Crippen molar-refractivity contribution < 1.29 is 5.11 Å². The molecule has 1 aliphatic rings. The second-order valence-corrected chi connectivity index (χ2v) is 5.62. The van der Waals surface area contributed by atoms with Crippen molar-refractivity contribution in [2.75, 3.05) is 18.0 Å². The summed E-state index contributed by atoms with van der Waals surface area (Å²) in [7, 11) is 0. The topological polar surface area (TPSA) is 35.5 Å². The van der Waals surface area contributed by atoms with Gasteiger partial charge in [0, 0.05) is 25.7 Å². The summed E-state index contributed by atoms with van der Waals surface area (Å²) in [6.45, 7) is 6.65. The first kappa shape index (κ1) is 13.7. The maximum Gasteiger partial charge on any atom is 0.0731 e. The normalized spacial score (nSPS) is 19.8. The average Bonchev–Trinajstić information content (AvgIpc) is 2.73. The highest BCUT2D eigenvalue weighted by Gasteiger charge is 2.21. The van der Waals surface area contributed by atoms with Gasteiger partial charge in [0.05, 0.1) is 16.8 Å². The average molecular weight is 269 g/mol. The molecule has 1 atom stereocenters. The summed E-state index contributed by atoms with van der Waals surface area (Å²) in [6.07, 6.45) is 0.607. The number of nitrogens with one attached hydrogen (secondary N) is 1. The van der Waals surface area contributed by atoms with Crippen molar-refractivity contribution in [2.45, 2.75) is 39.0 Å². The number of hydrogen-bond donors (Lipinski definition) is 2. The Labute approximate surface area is 114 Å². The number of hydrogen-bond acceptors (Lipinski definition) is 3. The van der Waals surface area contributed by atoms with Crippen LogP contribution in [-0.2, 0) is 6.54 Å². The molecular formula is C14H21ClN2O. The molecular weight excluding hydrogens is 248 g/mol. The summed E-state index contributed by atoms with van der Waals surface area (Å²) < 4.78 is 0. The lowest BCUT2D eigenvalue weighted by Gasteiger charge is -2.20. The molecule has 0 bridgehead atoms. The molecule has 1 aromatic carbocycles. The molecule has 0 aliphatic carbocycles. The van der Waals surface area contributed by atoms with Crippen LogP contribution in [0.25, 0.3) is 0 Å². The summed E-state index contributed by atoms with van der Waals surface area (Å²) in [4.78, 5) is 2.15. The van der Waals surface area contributed by atoms with Crippen LogP contribution >= 0.6 is 11.6 Å². The van der Waals surface area contributed by atoms with Crippen LogP contribution < -0.4 is 10.2 Å². The predicted octanol–water partition coefficient (Wildman–Crippen LogP) is 2.41. The highest BCUT2D eigenvalue weighted by atomic mass is 35.5. The van der Waals surface area contributed by atoms with Crippen LogP contribution in [0.4, 0.5) is 5.69 Å². The molecule has 2 rings (SSSR count). The van der Waals surface area contributed by atoms with E-state index in [9.17, 15) is 5.11 Å². The number of benzene rings is 1.